The van der Waals surface area contributed by atoms with Gasteiger partial charge < -0.3 is 27.2 Å². The largest absolute Gasteiger partial charge is 0.391 e. The fraction of sp³-hybridized carbons (Fsp3) is 0.367. The molecule has 216 valence electrons. The highest BCUT2D eigenvalue weighted by atomic mass is 16.3. The minimum Gasteiger partial charge on any atom is -0.391 e. The summed E-state index contributed by atoms with van der Waals surface area (Å²) in [6.45, 7) is 1.98. The lowest BCUT2D eigenvalue weighted by atomic mass is 9.82. The molecule has 0 radical (unpaired) electrons. The number of aliphatic hydroxyl groups is 1. The summed E-state index contributed by atoms with van der Waals surface area (Å²) in [4.78, 5) is 59.0. The Morgan fingerprint density at radius 3 is 2.37 bits per heavy atom. The van der Waals surface area contributed by atoms with Gasteiger partial charge in [0.25, 0.3) is 5.91 Å². The highest BCUT2D eigenvalue weighted by molar-refractivity contribution is 6.07. The molecule has 1 aliphatic rings. The summed E-state index contributed by atoms with van der Waals surface area (Å²) in [6.07, 6.45) is 1.20. The number of hydrogen-bond acceptors (Lipinski definition) is 7. The number of urea groups is 1. The first kappa shape index (κ1) is 29.6. The minimum atomic E-state index is -1.47. The van der Waals surface area contributed by atoms with Gasteiger partial charge in [-0.3, -0.25) is 24.3 Å². The van der Waals surface area contributed by atoms with Crippen molar-refractivity contribution in [3.8, 4) is 0 Å². The molecule has 11 heteroatoms. The van der Waals surface area contributed by atoms with Crippen LogP contribution in [0.1, 0.15) is 48.7 Å². The molecule has 1 aromatic heterocycles. The molecule has 4 rings (SSSR count). The number of benzene rings is 2. The molecule has 7 N–H and O–H groups in total. The predicted octanol–water partition coefficient (Wildman–Crippen LogP) is 1.70. The van der Waals surface area contributed by atoms with Crippen molar-refractivity contribution in [1.29, 1.82) is 0 Å². The SMILES string of the molecule is C[C@]1(C([C@H](O)CCc2ccccc2)N(C(=O)c2cc3ccccc3cn2)C(=O)[C@@H](N)CC(N)=O)CCCN1C(N)=O. The average molecular weight is 561 g/mol. The quantitative estimate of drug-likeness (QED) is 0.290. The molecule has 4 atom stereocenters. The number of rotatable bonds is 10. The highest BCUT2D eigenvalue weighted by Gasteiger charge is 2.53. The smallest absolute Gasteiger partial charge is 0.315 e. The number of aliphatic hydroxyl groups excluding tert-OH is 1. The van der Waals surface area contributed by atoms with Crippen LogP contribution in [0.5, 0.6) is 0 Å². The van der Waals surface area contributed by atoms with Gasteiger partial charge in [0, 0.05) is 18.1 Å². The first-order valence-corrected chi connectivity index (χ1v) is 13.6. The van der Waals surface area contributed by atoms with E-state index in [4.69, 9.17) is 17.2 Å². The van der Waals surface area contributed by atoms with E-state index in [1.165, 1.54) is 11.1 Å². The number of pyridine rings is 1. The van der Waals surface area contributed by atoms with Crippen LogP contribution in [0.15, 0.2) is 66.9 Å². The summed E-state index contributed by atoms with van der Waals surface area (Å²) in [5.74, 6) is -2.55. The summed E-state index contributed by atoms with van der Waals surface area (Å²) >= 11 is 0. The van der Waals surface area contributed by atoms with Gasteiger partial charge in [0.2, 0.25) is 11.8 Å². The van der Waals surface area contributed by atoms with Gasteiger partial charge in [0.05, 0.1) is 30.1 Å². The Morgan fingerprint density at radius 2 is 1.71 bits per heavy atom. The van der Waals surface area contributed by atoms with E-state index in [-0.39, 0.29) is 18.7 Å². The molecule has 3 aromatic rings. The van der Waals surface area contributed by atoms with Gasteiger partial charge in [0.15, 0.2) is 0 Å². The lowest BCUT2D eigenvalue weighted by molar-refractivity contribution is -0.139. The minimum absolute atomic E-state index is 0.0594. The summed E-state index contributed by atoms with van der Waals surface area (Å²) in [5.41, 5.74) is 16.9. The monoisotopic (exact) mass is 560 g/mol. The molecular formula is C30H36N6O5. The fourth-order valence-corrected chi connectivity index (χ4v) is 5.81. The molecule has 2 aromatic carbocycles. The van der Waals surface area contributed by atoms with Crippen molar-refractivity contribution in [3.63, 3.8) is 0 Å². The number of amides is 5. The third-order valence-corrected chi connectivity index (χ3v) is 7.84. The Morgan fingerprint density at radius 1 is 1.05 bits per heavy atom. The molecule has 11 nitrogen and oxygen atoms in total. The van der Waals surface area contributed by atoms with E-state index < -0.39 is 53.9 Å². The first-order chi connectivity index (χ1) is 19.5. The number of aromatic nitrogens is 1. The average Bonchev–Trinajstić information content (AvgIpc) is 3.36. The van der Waals surface area contributed by atoms with Crippen LogP contribution in [0.2, 0.25) is 0 Å². The van der Waals surface area contributed by atoms with E-state index in [9.17, 15) is 24.3 Å². The molecular weight excluding hydrogens is 524 g/mol. The zero-order valence-corrected chi connectivity index (χ0v) is 23.0. The Balaban J connectivity index is 1.83. The Hall–Kier alpha value is -4.35. The zero-order chi connectivity index (χ0) is 29.7. The number of aryl methyl sites for hydroxylation is 1. The maximum Gasteiger partial charge on any atom is 0.315 e. The van der Waals surface area contributed by atoms with Crippen molar-refractivity contribution in [3.05, 3.63) is 78.1 Å². The van der Waals surface area contributed by atoms with Gasteiger partial charge in [-0.1, -0.05) is 54.6 Å². The summed E-state index contributed by atoms with van der Waals surface area (Å²) in [5, 5.41) is 13.3. The zero-order valence-electron chi connectivity index (χ0n) is 23.0. The van der Waals surface area contributed by atoms with Crippen LogP contribution in [-0.4, -0.2) is 73.9 Å². The molecule has 0 saturated carbocycles. The van der Waals surface area contributed by atoms with Gasteiger partial charge in [-0.05, 0) is 49.6 Å². The van der Waals surface area contributed by atoms with Crippen LogP contribution in [0, 0.1) is 0 Å². The Labute approximate surface area is 238 Å². The maximum absolute atomic E-state index is 14.2. The molecule has 1 saturated heterocycles. The molecule has 1 unspecified atom stereocenters. The van der Waals surface area contributed by atoms with E-state index in [0.29, 0.717) is 24.6 Å². The molecule has 41 heavy (non-hydrogen) atoms. The third-order valence-electron chi connectivity index (χ3n) is 7.84. The number of primary amides is 2. The van der Waals surface area contributed by atoms with Gasteiger partial charge >= 0.3 is 6.03 Å². The van der Waals surface area contributed by atoms with Crippen LogP contribution in [-0.2, 0) is 16.0 Å². The van der Waals surface area contributed by atoms with E-state index in [0.717, 1.165) is 15.8 Å². The normalized spacial score (nSPS) is 19.0. The molecule has 5 amide bonds. The van der Waals surface area contributed by atoms with Crippen LogP contribution in [0.25, 0.3) is 10.8 Å². The maximum atomic E-state index is 14.2. The first-order valence-electron chi connectivity index (χ1n) is 13.6. The number of carbonyl (C=O) groups excluding carboxylic acids is 4. The summed E-state index contributed by atoms with van der Waals surface area (Å²) < 4.78 is 0. The standard InChI is InChI=1S/C30H36N6O5/c1-30(14-7-15-35(30)29(33)41)26(24(37)13-12-19-8-3-2-4-9-19)36(27(39)22(31)17-25(32)38)28(40)23-16-20-10-5-6-11-21(20)18-34-23/h2-6,8-11,16,18,22,24,26,37H,7,12-15,17,31H2,1H3,(H2,32,38)(H2,33,41)/t22-,24+,26?,30+/m0/s1. The van der Waals surface area contributed by atoms with E-state index in [1.807, 2.05) is 48.5 Å². The Kier molecular flexibility index (Phi) is 8.99. The summed E-state index contributed by atoms with van der Waals surface area (Å²) in [7, 11) is 0. The van der Waals surface area contributed by atoms with Crippen molar-refractivity contribution >= 4 is 34.5 Å². The molecule has 1 fully saturated rings. The third kappa shape index (κ3) is 6.36. The number of nitrogens with zero attached hydrogens (tertiary/aromatic N) is 3. The second kappa shape index (κ2) is 12.4. The van der Waals surface area contributed by atoms with E-state index in [2.05, 4.69) is 4.98 Å². The van der Waals surface area contributed by atoms with Crippen molar-refractivity contribution in [2.75, 3.05) is 6.54 Å². The number of carbonyl (C=O) groups is 4. The van der Waals surface area contributed by atoms with Crippen molar-refractivity contribution in [1.82, 2.24) is 14.8 Å². The van der Waals surface area contributed by atoms with Crippen molar-refractivity contribution in [2.45, 2.75) is 62.8 Å². The lowest BCUT2D eigenvalue weighted by Crippen LogP contribution is -2.68. The molecule has 2 heterocycles. The lowest BCUT2D eigenvalue weighted by Gasteiger charge is -2.47. The number of likely N-dealkylation sites (tertiary alicyclic amines) is 1. The van der Waals surface area contributed by atoms with Gasteiger partial charge in [0.1, 0.15) is 5.69 Å². The van der Waals surface area contributed by atoms with Gasteiger partial charge in [-0.2, -0.15) is 0 Å². The highest BCUT2D eigenvalue weighted by Crippen LogP contribution is 2.38. The molecule has 0 spiro atoms. The Bertz CT molecular complexity index is 1430. The van der Waals surface area contributed by atoms with Crippen LogP contribution >= 0.6 is 0 Å². The van der Waals surface area contributed by atoms with Crippen LogP contribution in [0.4, 0.5) is 4.79 Å². The number of imide groups is 1. The number of fused-ring (bicyclic) bond motifs is 1. The second-order valence-electron chi connectivity index (χ2n) is 10.7. The van der Waals surface area contributed by atoms with Gasteiger partial charge in [-0.15, -0.1) is 0 Å². The topological polar surface area (TPSA) is 186 Å². The summed E-state index contributed by atoms with van der Waals surface area (Å²) in [6, 6.07) is 14.8. The molecule has 0 bridgehead atoms. The number of nitrogens with two attached hydrogens (primary N) is 3. The predicted molar refractivity (Wildman–Crippen MR) is 153 cm³/mol. The molecule has 1 aliphatic heterocycles. The van der Waals surface area contributed by atoms with E-state index >= 15 is 0 Å². The van der Waals surface area contributed by atoms with Crippen LogP contribution < -0.4 is 17.2 Å². The second-order valence-corrected chi connectivity index (χ2v) is 10.7. The van der Waals surface area contributed by atoms with Crippen molar-refractivity contribution < 1.29 is 24.3 Å². The number of hydrogen-bond donors (Lipinski definition) is 4. The van der Waals surface area contributed by atoms with Gasteiger partial charge in [-0.25, -0.2) is 4.79 Å². The fourth-order valence-electron chi connectivity index (χ4n) is 5.81. The van der Waals surface area contributed by atoms with Crippen molar-refractivity contribution in [2.24, 2.45) is 17.2 Å². The molecule has 0 aliphatic carbocycles. The van der Waals surface area contributed by atoms with E-state index in [1.54, 1.807) is 19.1 Å². The van der Waals surface area contributed by atoms with Crippen LogP contribution in [0.3, 0.4) is 0 Å².